The molecule has 0 radical (unpaired) electrons. The predicted octanol–water partition coefficient (Wildman–Crippen LogP) is 2.05. The van der Waals surface area contributed by atoms with Gasteiger partial charge in [0.1, 0.15) is 6.04 Å². The third kappa shape index (κ3) is 5.14. The molecule has 2 atom stereocenters. The van der Waals surface area contributed by atoms with Crippen molar-refractivity contribution < 1.29 is 23.9 Å². The summed E-state index contributed by atoms with van der Waals surface area (Å²) in [6.45, 7) is 0.239. The summed E-state index contributed by atoms with van der Waals surface area (Å²) >= 11 is 7.34. The van der Waals surface area contributed by atoms with Crippen molar-refractivity contribution in [2.45, 2.75) is 25.0 Å². The van der Waals surface area contributed by atoms with Crippen LogP contribution in [-0.4, -0.2) is 48.6 Å². The zero-order valence-electron chi connectivity index (χ0n) is 13.1. The first-order valence-corrected chi connectivity index (χ1v) is 9.21. The van der Waals surface area contributed by atoms with Crippen molar-refractivity contribution in [2.75, 3.05) is 18.6 Å². The van der Waals surface area contributed by atoms with Gasteiger partial charge in [-0.15, -0.1) is 0 Å². The molecule has 8 heteroatoms. The smallest absolute Gasteiger partial charge is 0.347 e. The Hall–Kier alpha value is -1.73. The number of hydrogen-bond acceptors (Lipinski definition) is 6. The van der Waals surface area contributed by atoms with Gasteiger partial charge in [0.15, 0.2) is 0 Å². The van der Waals surface area contributed by atoms with E-state index in [9.17, 15) is 14.4 Å². The van der Waals surface area contributed by atoms with Crippen LogP contribution in [0, 0.1) is 0 Å². The number of carbonyl (C=O) groups excluding carboxylic acids is 3. The fraction of sp³-hybridized carbons (Fsp3) is 0.438. The second-order valence-electron chi connectivity index (χ2n) is 5.20. The van der Waals surface area contributed by atoms with Gasteiger partial charge < -0.3 is 14.8 Å². The Morgan fingerprint density at radius 3 is 2.71 bits per heavy atom. The highest BCUT2D eigenvalue weighted by Gasteiger charge is 2.33. The highest BCUT2D eigenvalue weighted by Crippen LogP contribution is 2.14. The lowest BCUT2D eigenvalue weighted by Crippen LogP contribution is -2.44. The lowest BCUT2D eigenvalue weighted by atomic mass is 10.1. The summed E-state index contributed by atoms with van der Waals surface area (Å²) in [4.78, 5) is 36.0. The van der Waals surface area contributed by atoms with Gasteiger partial charge in [-0.2, -0.15) is 11.8 Å². The highest BCUT2D eigenvalue weighted by atomic mass is 35.5. The van der Waals surface area contributed by atoms with Crippen LogP contribution in [0.4, 0.5) is 0 Å². The molecule has 0 aromatic heterocycles. The molecule has 24 heavy (non-hydrogen) atoms. The molecule has 0 bridgehead atoms. The molecule has 0 unspecified atom stereocenters. The molecule has 0 aliphatic carbocycles. The van der Waals surface area contributed by atoms with E-state index in [1.54, 1.807) is 36.0 Å². The number of thioether (sulfide) groups is 1. The summed E-state index contributed by atoms with van der Waals surface area (Å²) in [6.07, 6.45) is 1.76. The van der Waals surface area contributed by atoms with Crippen LogP contribution in [-0.2, 0) is 19.1 Å². The average molecular weight is 372 g/mol. The number of nitrogens with one attached hydrogen (secondary N) is 1. The van der Waals surface area contributed by atoms with Crippen molar-refractivity contribution in [1.29, 1.82) is 0 Å². The van der Waals surface area contributed by atoms with Crippen LogP contribution in [0.25, 0.3) is 0 Å². The van der Waals surface area contributed by atoms with Gasteiger partial charge in [-0.3, -0.25) is 4.79 Å². The number of hydrogen-bond donors (Lipinski definition) is 1. The fourth-order valence-corrected chi connectivity index (χ4v) is 2.73. The summed E-state index contributed by atoms with van der Waals surface area (Å²) in [5.41, 5.74) is 0.390. The number of esters is 2. The third-order valence-electron chi connectivity index (χ3n) is 3.45. The van der Waals surface area contributed by atoms with E-state index in [-0.39, 0.29) is 6.61 Å². The molecule has 1 aliphatic heterocycles. The van der Waals surface area contributed by atoms with E-state index in [2.05, 4.69) is 5.32 Å². The number of benzene rings is 1. The molecule has 1 aromatic carbocycles. The standard InChI is InChI=1S/C16H18ClNO5S/c1-24-9-7-12(15(20)23-13-6-8-22-16(13)21)18-14(19)10-2-4-11(17)5-3-10/h2-5,12-13H,6-9H2,1H3,(H,18,19)/t12-,13+/m1/s1. The lowest BCUT2D eigenvalue weighted by Gasteiger charge is -2.19. The number of rotatable bonds is 7. The highest BCUT2D eigenvalue weighted by molar-refractivity contribution is 7.98. The molecule has 0 saturated carbocycles. The Morgan fingerprint density at radius 1 is 1.42 bits per heavy atom. The second-order valence-corrected chi connectivity index (χ2v) is 6.62. The van der Waals surface area contributed by atoms with Crippen molar-refractivity contribution in [2.24, 2.45) is 0 Å². The van der Waals surface area contributed by atoms with Crippen LogP contribution in [0.3, 0.4) is 0 Å². The molecule has 1 aromatic rings. The average Bonchev–Trinajstić information content (AvgIpc) is 2.96. The largest absolute Gasteiger partial charge is 0.463 e. The van der Waals surface area contributed by atoms with Crippen LogP contribution in [0.15, 0.2) is 24.3 Å². The number of carbonyl (C=O) groups is 3. The van der Waals surface area contributed by atoms with Crippen molar-refractivity contribution in [3.05, 3.63) is 34.9 Å². The molecule has 1 fully saturated rings. The van der Waals surface area contributed by atoms with E-state index >= 15 is 0 Å². The molecule has 1 N–H and O–H groups in total. The summed E-state index contributed by atoms with van der Waals surface area (Å²) in [7, 11) is 0. The van der Waals surface area contributed by atoms with Crippen molar-refractivity contribution in [3.63, 3.8) is 0 Å². The normalized spacial score (nSPS) is 17.9. The predicted molar refractivity (Wildman–Crippen MR) is 91.2 cm³/mol. The minimum Gasteiger partial charge on any atom is -0.463 e. The second kappa shape index (κ2) is 8.94. The number of cyclic esters (lactones) is 1. The topological polar surface area (TPSA) is 81.7 Å². The van der Waals surface area contributed by atoms with Gasteiger partial charge in [0.25, 0.3) is 5.91 Å². The monoisotopic (exact) mass is 371 g/mol. The van der Waals surface area contributed by atoms with Gasteiger partial charge in [0.05, 0.1) is 6.61 Å². The molecule has 6 nitrogen and oxygen atoms in total. The Morgan fingerprint density at radius 2 is 2.12 bits per heavy atom. The SMILES string of the molecule is CSCC[C@@H](NC(=O)c1ccc(Cl)cc1)C(=O)O[C@H]1CCOC1=O. The Kier molecular flexibility index (Phi) is 6.93. The summed E-state index contributed by atoms with van der Waals surface area (Å²) in [6, 6.07) is 5.51. The zero-order valence-corrected chi connectivity index (χ0v) is 14.7. The Labute approximate surface area is 149 Å². The van der Waals surface area contributed by atoms with Crippen LogP contribution in [0.2, 0.25) is 5.02 Å². The van der Waals surface area contributed by atoms with Crippen LogP contribution in [0.5, 0.6) is 0 Å². The van der Waals surface area contributed by atoms with Crippen molar-refractivity contribution in [3.8, 4) is 0 Å². The number of amides is 1. The van der Waals surface area contributed by atoms with Gasteiger partial charge in [-0.1, -0.05) is 11.6 Å². The third-order valence-corrected chi connectivity index (χ3v) is 4.35. The molecule has 1 aliphatic rings. The van der Waals surface area contributed by atoms with E-state index < -0.39 is 30.0 Å². The quantitative estimate of drug-likeness (QED) is 0.739. The lowest BCUT2D eigenvalue weighted by molar-refractivity contribution is -0.161. The first-order valence-electron chi connectivity index (χ1n) is 7.43. The van der Waals surface area contributed by atoms with Gasteiger partial charge in [-0.05, 0) is 42.7 Å². The summed E-state index contributed by atoms with van der Waals surface area (Å²) in [5.74, 6) is -0.912. The van der Waals surface area contributed by atoms with Crippen LogP contribution >= 0.6 is 23.4 Å². The Bertz CT molecular complexity index is 607. The maximum Gasteiger partial charge on any atom is 0.347 e. The van der Waals surface area contributed by atoms with Crippen molar-refractivity contribution >= 4 is 41.2 Å². The molecule has 2 rings (SSSR count). The molecule has 1 amide bonds. The van der Waals surface area contributed by atoms with Crippen molar-refractivity contribution in [1.82, 2.24) is 5.32 Å². The minimum absolute atomic E-state index is 0.239. The minimum atomic E-state index is -0.887. The summed E-state index contributed by atoms with van der Waals surface area (Å²) < 4.78 is 9.95. The molecule has 130 valence electrons. The molecule has 1 saturated heterocycles. The van der Waals surface area contributed by atoms with E-state index in [4.69, 9.17) is 21.1 Å². The van der Waals surface area contributed by atoms with Gasteiger partial charge in [0.2, 0.25) is 6.10 Å². The van der Waals surface area contributed by atoms with E-state index in [0.29, 0.717) is 29.2 Å². The summed E-state index contributed by atoms with van der Waals surface area (Å²) in [5, 5.41) is 3.17. The zero-order chi connectivity index (χ0) is 17.5. The first-order chi connectivity index (χ1) is 11.5. The molecule has 0 spiro atoms. The van der Waals surface area contributed by atoms with Crippen LogP contribution in [0.1, 0.15) is 23.2 Å². The molecular weight excluding hydrogens is 354 g/mol. The van der Waals surface area contributed by atoms with E-state index in [1.807, 2.05) is 6.26 Å². The maximum absolute atomic E-state index is 12.3. The molecule has 1 heterocycles. The van der Waals surface area contributed by atoms with Gasteiger partial charge in [-0.25, -0.2) is 9.59 Å². The number of halogens is 1. The van der Waals surface area contributed by atoms with E-state index in [1.165, 1.54) is 0 Å². The first kappa shape index (κ1) is 18.6. The Balaban J connectivity index is 2.00. The van der Waals surface area contributed by atoms with Crippen LogP contribution < -0.4 is 5.32 Å². The van der Waals surface area contributed by atoms with Gasteiger partial charge in [0, 0.05) is 17.0 Å². The number of ether oxygens (including phenoxy) is 2. The molecular formula is C16H18ClNO5S. The maximum atomic E-state index is 12.3. The fourth-order valence-electron chi connectivity index (χ4n) is 2.13. The van der Waals surface area contributed by atoms with Gasteiger partial charge >= 0.3 is 11.9 Å². The van der Waals surface area contributed by atoms with E-state index in [0.717, 1.165) is 0 Å².